The molecular weight excluding hydrogens is 240 g/mol. The summed E-state index contributed by atoms with van der Waals surface area (Å²) in [7, 11) is 0. The summed E-state index contributed by atoms with van der Waals surface area (Å²) >= 11 is 0. The Balaban J connectivity index is 1.65. The van der Waals surface area contributed by atoms with Crippen LogP contribution in [0.25, 0.3) is 0 Å². The lowest BCUT2D eigenvalue weighted by Gasteiger charge is -2.14. The van der Waals surface area contributed by atoms with Gasteiger partial charge in [-0.3, -0.25) is 4.79 Å². The number of aliphatic hydroxyl groups excluding tert-OH is 1. The van der Waals surface area contributed by atoms with Crippen LogP contribution in [0.1, 0.15) is 24.8 Å². The van der Waals surface area contributed by atoms with E-state index < -0.39 is 6.10 Å². The Morgan fingerprint density at radius 3 is 2.89 bits per heavy atom. The number of carbonyl (C=O) groups excluding carboxylic acids is 1. The largest absolute Gasteiger partial charge is 0.391 e. The van der Waals surface area contributed by atoms with Crippen molar-refractivity contribution in [2.45, 2.75) is 37.8 Å². The highest BCUT2D eigenvalue weighted by Gasteiger charge is 2.17. The van der Waals surface area contributed by atoms with Crippen LogP contribution in [0.4, 0.5) is 0 Å². The van der Waals surface area contributed by atoms with Crippen LogP contribution in [0.2, 0.25) is 0 Å². The standard InChI is InChI=1S/C15H22N2O2/c18-14(9-12-5-2-1-3-6-12)11-17-15(19)10-13-7-4-8-16-13/h1-3,5-6,13-14,16,18H,4,7-11H2,(H,17,19). The van der Waals surface area contributed by atoms with Crippen molar-refractivity contribution in [3.05, 3.63) is 35.9 Å². The fraction of sp³-hybridized carbons (Fsp3) is 0.533. The van der Waals surface area contributed by atoms with Gasteiger partial charge in [-0.25, -0.2) is 0 Å². The number of hydrogen-bond acceptors (Lipinski definition) is 3. The van der Waals surface area contributed by atoms with E-state index in [0.29, 0.717) is 25.4 Å². The first-order chi connectivity index (χ1) is 9.24. The van der Waals surface area contributed by atoms with Crippen molar-refractivity contribution >= 4 is 5.91 Å². The second-order valence-electron chi connectivity index (χ2n) is 5.15. The molecule has 2 atom stereocenters. The van der Waals surface area contributed by atoms with Gasteiger partial charge < -0.3 is 15.7 Å². The van der Waals surface area contributed by atoms with Crippen LogP contribution in [0.5, 0.6) is 0 Å². The van der Waals surface area contributed by atoms with Gasteiger partial charge in [0.25, 0.3) is 0 Å². The van der Waals surface area contributed by atoms with Crippen molar-refractivity contribution in [2.24, 2.45) is 0 Å². The van der Waals surface area contributed by atoms with Crippen LogP contribution in [0.3, 0.4) is 0 Å². The van der Waals surface area contributed by atoms with Gasteiger partial charge >= 0.3 is 0 Å². The Labute approximate surface area is 114 Å². The maximum atomic E-state index is 11.7. The molecule has 1 aliphatic heterocycles. The van der Waals surface area contributed by atoms with Crippen molar-refractivity contribution in [3.63, 3.8) is 0 Å². The minimum atomic E-state index is -0.525. The zero-order valence-electron chi connectivity index (χ0n) is 11.1. The number of rotatable bonds is 6. The van der Waals surface area contributed by atoms with Crippen LogP contribution >= 0.6 is 0 Å². The van der Waals surface area contributed by atoms with E-state index >= 15 is 0 Å². The molecule has 2 unspecified atom stereocenters. The zero-order chi connectivity index (χ0) is 13.5. The maximum absolute atomic E-state index is 11.7. The van der Waals surface area contributed by atoms with E-state index in [4.69, 9.17) is 0 Å². The van der Waals surface area contributed by atoms with Gasteiger partial charge in [0.1, 0.15) is 0 Å². The summed E-state index contributed by atoms with van der Waals surface area (Å²) in [6.45, 7) is 1.33. The molecule has 1 aromatic carbocycles. The predicted molar refractivity (Wildman–Crippen MR) is 74.8 cm³/mol. The summed E-state index contributed by atoms with van der Waals surface area (Å²) in [4.78, 5) is 11.7. The molecule has 1 aromatic rings. The van der Waals surface area contributed by atoms with E-state index in [1.807, 2.05) is 30.3 Å². The SMILES string of the molecule is O=C(CC1CCCN1)NCC(O)Cc1ccccc1. The number of aliphatic hydroxyl groups is 1. The molecule has 1 fully saturated rings. The average molecular weight is 262 g/mol. The molecule has 104 valence electrons. The zero-order valence-corrected chi connectivity index (χ0v) is 11.1. The molecule has 0 saturated carbocycles. The van der Waals surface area contributed by atoms with E-state index in [1.54, 1.807) is 0 Å². The van der Waals surface area contributed by atoms with Gasteiger partial charge in [0.05, 0.1) is 6.10 Å². The molecule has 1 aliphatic rings. The highest BCUT2D eigenvalue weighted by molar-refractivity contribution is 5.76. The van der Waals surface area contributed by atoms with Gasteiger partial charge in [-0.05, 0) is 24.9 Å². The summed E-state index contributed by atoms with van der Waals surface area (Å²) in [5.74, 6) is 0.0199. The van der Waals surface area contributed by atoms with Crippen molar-refractivity contribution in [2.75, 3.05) is 13.1 Å². The second kappa shape index (κ2) is 7.26. The Morgan fingerprint density at radius 2 is 2.21 bits per heavy atom. The van der Waals surface area contributed by atoms with E-state index in [0.717, 1.165) is 24.9 Å². The van der Waals surface area contributed by atoms with Gasteiger partial charge in [-0.2, -0.15) is 0 Å². The lowest BCUT2D eigenvalue weighted by molar-refractivity contribution is -0.122. The fourth-order valence-electron chi connectivity index (χ4n) is 2.42. The minimum Gasteiger partial charge on any atom is -0.391 e. The normalized spacial score (nSPS) is 20.2. The van der Waals surface area contributed by atoms with Gasteiger partial charge in [0.15, 0.2) is 0 Å². The molecule has 0 spiro atoms. The van der Waals surface area contributed by atoms with Crippen molar-refractivity contribution in [3.8, 4) is 0 Å². The molecule has 0 bridgehead atoms. The third-order valence-electron chi connectivity index (χ3n) is 3.44. The van der Waals surface area contributed by atoms with Gasteiger partial charge in [0.2, 0.25) is 5.91 Å². The Morgan fingerprint density at radius 1 is 1.42 bits per heavy atom. The third-order valence-corrected chi connectivity index (χ3v) is 3.44. The van der Waals surface area contributed by atoms with Crippen molar-refractivity contribution in [1.82, 2.24) is 10.6 Å². The predicted octanol–water partition coefficient (Wildman–Crippen LogP) is 0.848. The molecule has 1 heterocycles. The lowest BCUT2D eigenvalue weighted by atomic mass is 10.1. The Bertz CT molecular complexity index is 388. The summed E-state index contributed by atoms with van der Waals surface area (Å²) in [5.41, 5.74) is 1.08. The molecular formula is C15H22N2O2. The number of hydrogen-bond donors (Lipinski definition) is 3. The van der Waals surface area contributed by atoms with Crippen LogP contribution in [0.15, 0.2) is 30.3 Å². The number of amides is 1. The van der Waals surface area contributed by atoms with E-state index in [2.05, 4.69) is 10.6 Å². The smallest absolute Gasteiger partial charge is 0.221 e. The topological polar surface area (TPSA) is 61.4 Å². The quantitative estimate of drug-likeness (QED) is 0.712. The van der Waals surface area contributed by atoms with Crippen LogP contribution in [0, 0.1) is 0 Å². The maximum Gasteiger partial charge on any atom is 0.221 e. The molecule has 0 radical (unpaired) electrons. The summed E-state index contributed by atoms with van der Waals surface area (Å²) in [6.07, 6.45) is 2.78. The van der Waals surface area contributed by atoms with Crippen LogP contribution in [-0.4, -0.2) is 36.2 Å². The van der Waals surface area contributed by atoms with Crippen molar-refractivity contribution < 1.29 is 9.90 Å². The highest BCUT2D eigenvalue weighted by atomic mass is 16.3. The molecule has 1 saturated heterocycles. The van der Waals surface area contributed by atoms with Crippen LogP contribution < -0.4 is 10.6 Å². The minimum absolute atomic E-state index is 0.0199. The number of nitrogens with one attached hydrogen (secondary N) is 2. The van der Waals surface area contributed by atoms with Gasteiger partial charge in [-0.15, -0.1) is 0 Å². The second-order valence-corrected chi connectivity index (χ2v) is 5.15. The number of carbonyl (C=O) groups is 1. The first-order valence-electron chi connectivity index (χ1n) is 6.96. The van der Waals surface area contributed by atoms with Crippen LogP contribution in [-0.2, 0) is 11.2 Å². The van der Waals surface area contributed by atoms with E-state index in [-0.39, 0.29) is 5.91 Å². The van der Waals surface area contributed by atoms with E-state index in [1.165, 1.54) is 0 Å². The third kappa shape index (κ3) is 5.01. The summed E-state index contributed by atoms with van der Waals surface area (Å²) < 4.78 is 0. The highest BCUT2D eigenvalue weighted by Crippen LogP contribution is 2.08. The molecule has 0 aliphatic carbocycles. The Kier molecular flexibility index (Phi) is 5.36. The lowest BCUT2D eigenvalue weighted by Crippen LogP contribution is -2.36. The molecule has 4 nitrogen and oxygen atoms in total. The molecule has 3 N–H and O–H groups in total. The molecule has 2 rings (SSSR count). The molecule has 19 heavy (non-hydrogen) atoms. The Hall–Kier alpha value is -1.39. The van der Waals surface area contributed by atoms with E-state index in [9.17, 15) is 9.90 Å². The van der Waals surface area contributed by atoms with Gasteiger partial charge in [-0.1, -0.05) is 30.3 Å². The first-order valence-corrected chi connectivity index (χ1v) is 6.96. The van der Waals surface area contributed by atoms with Crippen molar-refractivity contribution in [1.29, 1.82) is 0 Å². The molecule has 0 aromatic heterocycles. The summed E-state index contributed by atoms with van der Waals surface area (Å²) in [5, 5.41) is 16.0. The molecule has 1 amide bonds. The molecule has 4 heteroatoms. The fourth-order valence-corrected chi connectivity index (χ4v) is 2.42. The first kappa shape index (κ1) is 14.0. The number of benzene rings is 1. The average Bonchev–Trinajstić information content (AvgIpc) is 2.90. The monoisotopic (exact) mass is 262 g/mol. The summed E-state index contributed by atoms with van der Waals surface area (Å²) in [6, 6.07) is 10.1. The van der Waals surface area contributed by atoms with Gasteiger partial charge in [0, 0.05) is 25.4 Å².